The molecule has 0 atom stereocenters. The van der Waals surface area contributed by atoms with Crippen molar-refractivity contribution in [3.63, 3.8) is 0 Å². The molecular formula is C9H7F3N2O2S. The number of aryl methyl sites for hydroxylation is 1. The molecule has 0 fully saturated rings. The van der Waals surface area contributed by atoms with Crippen molar-refractivity contribution in [2.24, 2.45) is 0 Å². The number of hydrogen-bond acceptors (Lipinski definition) is 3. The first-order chi connectivity index (χ1) is 7.88. The van der Waals surface area contributed by atoms with Crippen molar-refractivity contribution in [3.8, 4) is 0 Å². The van der Waals surface area contributed by atoms with Crippen LogP contribution in [-0.4, -0.2) is 15.7 Å². The number of H-pyrrole nitrogens is 1. The lowest BCUT2D eigenvalue weighted by atomic mass is 10.4. The zero-order chi connectivity index (χ0) is 12.6. The van der Waals surface area contributed by atoms with Crippen LogP contribution >= 0.6 is 11.3 Å². The fraction of sp³-hybridized carbons (Fsp3) is 0.333. The Morgan fingerprint density at radius 2 is 2.06 bits per heavy atom. The SMILES string of the molecule is O=c1[nH]c(=O)n(CCC(F)(F)F)c2sccc12. The van der Waals surface area contributed by atoms with Gasteiger partial charge in [0, 0.05) is 6.54 Å². The maximum Gasteiger partial charge on any atom is 0.390 e. The Bertz CT molecular complexity index is 653. The monoisotopic (exact) mass is 264 g/mol. The molecule has 0 spiro atoms. The molecule has 8 heteroatoms. The summed E-state index contributed by atoms with van der Waals surface area (Å²) in [7, 11) is 0. The maximum atomic E-state index is 12.1. The van der Waals surface area contributed by atoms with Crippen LogP contribution in [0.15, 0.2) is 21.0 Å². The van der Waals surface area contributed by atoms with E-state index in [4.69, 9.17) is 0 Å². The molecule has 1 N–H and O–H groups in total. The molecule has 0 radical (unpaired) electrons. The van der Waals surface area contributed by atoms with Gasteiger partial charge in [0.25, 0.3) is 5.56 Å². The van der Waals surface area contributed by atoms with E-state index < -0.39 is 30.4 Å². The summed E-state index contributed by atoms with van der Waals surface area (Å²) in [4.78, 5) is 25.0. The predicted molar refractivity (Wildman–Crippen MR) is 57.4 cm³/mol. The number of thiophene rings is 1. The first-order valence-corrected chi connectivity index (χ1v) is 5.53. The van der Waals surface area contributed by atoms with E-state index >= 15 is 0 Å². The van der Waals surface area contributed by atoms with E-state index in [1.165, 1.54) is 6.07 Å². The summed E-state index contributed by atoms with van der Waals surface area (Å²) in [5.41, 5.74) is -1.39. The second-order valence-electron chi connectivity index (χ2n) is 3.42. The van der Waals surface area contributed by atoms with E-state index in [0.717, 1.165) is 15.9 Å². The van der Waals surface area contributed by atoms with Gasteiger partial charge in [-0.1, -0.05) is 0 Å². The maximum absolute atomic E-state index is 12.1. The number of alkyl halides is 3. The topological polar surface area (TPSA) is 54.9 Å². The number of hydrogen-bond donors (Lipinski definition) is 1. The van der Waals surface area contributed by atoms with E-state index in [1.54, 1.807) is 5.38 Å². The van der Waals surface area contributed by atoms with Crippen LogP contribution in [0, 0.1) is 0 Å². The first-order valence-electron chi connectivity index (χ1n) is 4.65. The number of aromatic amines is 1. The fourth-order valence-electron chi connectivity index (χ4n) is 1.45. The number of aromatic nitrogens is 2. The molecule has 0 aromatic carbocycles. The van der Waals surface area contributed by atoms with Gasteiger partial charge in [-0.25, -0.2) is 4.79 Å². The molecule has 0 aliphatic heterocycles. The molecule has 0 aliphatic rings. The van der Waals surface area contributed by atoms with Crippen LogP contribution in [0.4, 0.5) is 13.2 Å². The Morgan fingerprint density at radius 1 is 1.35 bits per heavy atom. The summed E-state index contributed by atoms with van der Waals surface area (Å²) in [6, 6.07) is 1.47. The summed E-state index contributed by atoms with van der Waals surface area (Å²) in [5.74, 6) is 0. The molecule has 0 saturated carbocycles. The van der Waals surface area contributed by atoms with Gasteiger partial charge < -0.3 is 0 Å². The van der Waals surface area contributed by atoms with E-state index in [2.05, 4.69) is 0 Å². The Hall–Kier alpha value is -1.57. The molecule has 0 aliphatic carbocycles. The quantitative estimate of drug-likeness (QED) is 0.897. The standard InChI is InChI=1S/C9H7F3N2O2S/c10-9(11,12)2-3-14-7-5(1-4-17-7)6(15)13-8(14)16/h1,4H,2-3H2,(H,13,15,16). The minimum atomic E-state index is -4.33. The second-order valence-corrected chi connectivity index (χ2v) is 4.31. The van der Waals surface area contributed by atoms with Gasteiger partial charge in [0.05, 0.1) is 11.8 Å². The fourth-order valence-corrected chi connectivity index (χ4v) is 2.37. The molecule has 2 rings (SSSR count). The highest BCUT2D eigenvalue weighted by Crippen LogP contribution is 2.22. The molecule has 2 aromatic heterocycles. The average molecular weight is 264 g/mol. The molecule has 0 amide bonds. The molecule has 4 nitrogen and oxygen atoms in total. The smallest absolute Gasteiger partial charge is 0.284 e. The summed E-state index contributed by atoms with van der Waals surface area (Å²) >= 11 is 1.07. The summed E-state index contributed by atoms with van der Waals surface area (Å²) in [6.07, 6.45) is -5.44. The van der Waals surface area contributed by atoms with E-state index in [-0.39, 0.29) is 10.2 Å². The Labute approximate surface area is 96.3 Å². The third-order valence-corrected chi connectivity index (χ3v) is 3.15. The van der Waals surface area contributed by atoms with Gasteiger partial charge in [0.15, 0.2) is 0 Å². The molecular weight excluding hydrogens is 257 g/mol. The van der Waals surface area contributed by atoms with Gasteiger partial charge in [0.2, 0.25) is 0 Å². The van der Waals surface area contributed by atoms with Crippen LogP contribution in [0.5, 0.6) is 0 Å². The van der Waals surface area contributed by atoms with Gasteiger partial charge in [-0.2, -0.15) is 13.2 Å². The van der Waals surface area contributed by atoms with Crippen LogP contribution < -0.4 is 11.2 Å². The van der Waals surface area contributed by atoms with Crippen molar-refractivity contribution < 1.29 is 13.2 Å². The highest BCUT2D eigenvalue weighted by molar-refractivity contribution is 7.16. The minimum absolute atomic E-state index is 0.233. The van der Waals surface area contributed by atoms with Gasteiger partial charge in [0.1, 0.15) is 4.83 Å². The lowest BCUT2D eigenvalue weighted by molar-refractivity contribution is -0.136. The molecule has 92 valence electrons. The Kier molecular flexibility index (Phi) is 2.82. The number of halogens is 3. The third-order valence-electron chi connectivity index (χ3n) is 2.22. The van der Waals surface area contributed by atoms with Crippen molar-refractivity contribution in [3.05, 3.63) is 32.3 Å². The van der Waals surface area contributed by atoms with Gasteiger partial charge in [-0.15, -0.1) is 11.3 Å². The highest BCUT2D eigenvalue weighted by atomic mass is 32.1. The number of rotatable bonds is 2. The average Bonchev–Trinajstić information content (AvgIpc) is 2.64. The van der Waals surface area contributed by atoms with Crippen molar-refractivity contribution in [2.75, 3.05) is 0 Å². The minimum Gasteiger partial charge on any atom is -0.284 e. The molecule has 0 saturated heterocycles. The van der Waals surface area contributed by atoms with Gasteiger partial charge in [-0.05, 0) is 11.4 Å². The van der Waals surface area contributed by atoms with Crippen LogP contribution in [0.25, 0.3) is 10.2 Å². The van der Waals surface area contributed by atoms with Crippen LogP contribution in [-0.2, 0) is 6.54 Å². The summed E-state index contributed by atoms with van der Waals surface area (Å²) in [6.45, 7) is -0.490. The lowest BCUT2D eigenvalue weighted by Crippen LogP contribution is -2.30. The Morgan fingerprint density at radius 3 is 2.71 bits per heavy atom. The summed E-state index contributed by atoms with van der Waals surface area (Å²) in [5, 5.41) is 1.79. The molecule has 0 bridgehead atoms. The van der Waals surface area contributed by atoms with E-state index in [1.807, 2.05) is 4.98 Å². The van der Waals surface area contributed by atoms with Crippen molar-refractivity contribution in [1.29, 1.82) is 0 Å². The van der Waals surface area contributed by atoms with E-state index in [9.17, 15) is 22.8 Å². The normalized spacial score (nSPS) is 12.2. The molecule has 2 aromatic rings. The van der Waals surface area contributed by atoms with E-state index in [0.29, 0.717) is 0 Å². The second kappa shape index (κ2) is 4.02. The van der Waals surface area contributed by atoms with Crippen LogP contribution in [0.1, 0.15) is 6.42 Å². The molecule has 2 heterocycles. The molecule has 0 unspecified atom stereocenters. The molecule has 17 heavy (non-hydrogen) atoms. The zero-order valence-corrected chi connectivity index (χ0v) is 9.19. The lowest BCUT2D eigenvalue weighted by Gasteiger charge is -2.08. The van der Waals surface area contributed by atoms with Crippen LogP contribution in [0.3, 0.4) is 0 Å². The number of nitrogens with zero attached hydrogens (tertiary/aromatic N) is 1. The van der Waals surface area contributed by atoms with Crippen molar-refractivity contribution >= 4 is 21.6 Å². The van der Waals surface area contributed by atoms with Gasteiger partial charge in [-0.3, -0.25) is 14.3 Å². The highest BCUT2D eigenvalue weighted by Gasteiger charge is 2.27. The van der Waals surface area contributed by atoms with Gasteiger partial charge >= 0.3 is 11.9 Å². The largest absolute Gasteiger partial charge is 0.390 e. The number of fused-ring (bicyclic) bond motifs is 1. The zero-order valence-electron chi connectivity index (χ0n) is 8.37. The van der Waals surface area contributed by atoms with Crippen molar-refractivity contribution in [2.45, 2.75) is 19.1 Å². The van der Waals surface area contributed by atoms with Crippen LogP contribution in [0.2, 0.25) is 0 Å². The van der Waals surface area contributed by atoms with Crippen molar-refractivity contribution in [1.82, 2.24) is 9.55 Å². The first kappa shape index (κ1) is 11.9. The third kappa shape index (κ3) is 2.41. The summed E-state index contributed by atoms with van der Waals surface area (Å²) < 4.78 is 37.2. The number of nitrogens with one attached hydrogen (secondary N) is 1. The Balaban J connectivity index is 2.50. The predicted octanol–water partition coefficient (Wildman–Crippen LogP) is 1.70.